The van der Waals surface area contributed by atoms with Gasteiger partial charge in [-0.1, -0.05) is 30.3 Å². The van der Waals surface area contributed by atoms with Crippen LogP contribution < -0.4 is 11.1 Å². The van der Waals surface area contributed by atoms with Gasteiger partial charge in [0.25, 0.3) is 0 Å². The Morgan fingerprint density at radius 3 is 2.79 bits per heavy atom. The van der Waals surface area contributed by atoms with Gasteiger partial charge < -0.3 is 16.0 Å². The van der Waals surface area contributed by atoms with Crippen molar-refractivity contribution in [2.75, 3.05) is 26.2 Å². The molecule has 0 radical (unpaired) electrons. The largest absolute Gasteiger partial charge is 0.370 e. The van der Waals surface area contributed by atoms with E-state index in [0.717, 1.165) is 51.4 Å². The average molecular weight is 444 g/mol. The number of hydrogen-bond donors (Lipinski definition) is 2. The first-order valence-corrected chi connectivity index (χ1v) is 8.54. The SMILES string of the molecule is CCNC(=NCCc1ccccc1)N1CCCC(CC(N)=O)C1.I. The van der Waals surface area contributed by atoms with E-state index in [1.807, 2.05) is 6.07 Å². The summed E-state index contributed by atoms with van der Waals surface area (Å²) >= 11 is 0. The first kappa shape index (κ1) is 20.7. The molecule has 3 N–H and O–H groups in total. The minimum absolute atomic E-state index is 0. The van der Waals surface area contributed by atoms with Crippen molar-refractivity contribution in [1.82, 2.24) is 10.2 Å². The number of piperidine rings is 1. The predicted molar refractivity (Wildman–Crippen MR) is 110 cm³/mol. The standard InChI is InChI=1S/C18H28N4O.HI/c1-2-20-18(21-11-10-15-7-4-3-5-8-15)22-12-6-9-16(14-22)13-17(19)23;/h3-5,7-8,16H,2,6,9-14H2,1H3,(H2,19,23)(H,20,21);1H. The lowest BCUT2D eigenvalue weighted by Crippen LogP contribution is -2.47. The Morgan fingerprint density at radius 1 is 1.38 bits per heavy atom. The smallest absolute Gasteiger partial charge is 0.217 e. The maximum Gasteiger partial charge on any atom is 0.217 e. The number of nitrogens with two attached hydrogens (primary N) is 1. The second-order valence-electron chi connectivity index (χ2n) is 6.10. The first-order chi connectivity index (χ1) is 11.2. The average Bonchev–Trinajstić information content (AvgIpc) is 2.55. The minimum Gasteiger partial charge on any atom is -0.370 e. The van der Waals surface area contributed by atoms with E-state index in [2.05, 4.69) is 41.4 Å². The van der Waals surface area contributed by atoms with E-state index in [0.29, 0.717) is 12.3 Å². The molecule has 1 saturated heterocycles. The van der Waals surface area contributed by atoms with Gasteiger partial charge >= 0.3 is 0 Å². The number of rotatable bonds is 6. The number of likely N-dealkylation sites (tertiary alicyclic amines) is 1. The molecule has 5 nitrogen and oxygen atoms in total. The first-order valence-electron chi connectivity index (χ1n) is 8.54. The van der Waals surface area contributed by atoms with Gasteiger partial charge in [-0.3, -0.25) is 9.79 Å². The molecule has 1 fully saturated rings. The maximum atomic E-state index is 11.2. The van der Waals surface area contributed by atoms with Gasteiger partial charge in [0.05, 0.1) is 0 Å². The van der Waals surface area contributed by atoms with E-state index in [9.17, 15) is 4.79 Å². The van der Waals surface area contributed by atoms with E-state index in [4.69, 9.17) is 10.7 Å². The number of benzene rings is 1. The van der Waals surface area contributed by atoms with E-state index >= 15 is 0 Å². The summed E-state index contributed by atoms with van der Waals surface area (Å²) in [7, 11) is 0. The number of amides is 1. The molecular weight excluding hydrogens is 415 g/mol. The van der Waals surface area contributed by atoms with Gasteiger partial charge in [0, 0.05) is 32.6 Å². The summed E-state index contributed by atoms with van der Waals surface area (Å²) in [5, 5.41) is 3.37. The molecular formula is C18H29IN4O. The van der Waals surface area contributed by atoms with Gasteiger partial charge in [-0.15, -0.1) is 24.0 Å². The lowest BCUT2D eigenvalue weighted by atomic mass is 9.95. The molecule has 1 atom stereocenters. The Labute approximate surface area is 162 Å². The molecule has 1 aliphatic rings. The number of carbonyl (C=O) groups is 1. The molecule has 0 bridgehead atoms. The molecule has 1 amide bonds. The zero-order valence-electron chi connectivity index (χ0n) is 14.4. The van der Waals surface area contributed by atoms with E-state index in [1.165, 1.54) is 5.56 Å². The maximum absolute atomic E-state index is 11.2. The van der Waals surface area contributed by atoms with E-state index in [1.54, 1.807) is 0 Å². The van der Waals surface area contributed by atoms with Crippen LogP contribution in [0.4, 0.5) is 0 Å². The van der Waals surface area contributed by atoms with Crippen LogP contribution in [-0.4, -0.2) is 42.9 Å². The van der Waals surface area contributed by atoms with Crippen molar-refractivity contribution in [1.29, 1.82) is 0 Å². The molecule has 2 rings (SSSR count). The number of nitrogens with zero attached hydrogens (tertiary/aromatic N) is 2. The Balaban J connectivity index is 0.00000288. The fourth-order valence-electron chi connectivity index (χ4n) is 3.07. The number of halogens is 1. The Morgan fingerprint density at radius 2 is 2.12 bits per heavy atom. The molecule has 1 aliphatic heterocycles. The molecule has 0 spiro atoms. The van der Waals surface area contributed by atoms with Gasteiger partial charge in [-0.2, -0.15) is 0 Å². The second kappa shape index (κ2) is 11.3. The highest BCUT2D eigenvalue weighted by molar-refractivity contribution is 14.0. The highest BCUT2D eigenvalue weighted by atomic mass is 127. The third-order valence-electron chi connectivity index (χ3n) is 4.15. The predicted octanol–water partition coefficient (Wildman–Crippen LogP) is 2.40. The van der Waals surface area contributed by atoms with Crippen molar-refractivity contribution in [2.45, 2.75) is 32.6 Å². The summed E-state index contributed by atoms with van der Waals surface area (Å²) in [6.45, 7) is 5.55. The molecule has 1 heterocycles. The van der Waals surface area contributed by atoms with Gasteiger partial charge in [0.15, 0.2) is 5.96 Å². The number of nitrogens with one attached hydrogen (secondary N) is 1. The molecule has 134 valence electrons. The zero-order chi connectivity index (χ0) is 16.5. The highest BCUT2D eigenvalue weighted by Crippen LogP contribution is 2.19. The van der Waals surface area contributed by atoms with Crippen molar-refractivity contribution in [3.05, 3.63) is 35.9 Å². The molecule has 0 aromatic heterocycles. The van der Waals surface area contributed by atoms with Crippen LogP contribution in [0.2, 0.25) is 0 Å². The van der Waals surface area contributed by atoms with Crippen molar-refractivity contribution in [3.63, 3.8) is 0 Å². The third kappa shape index (κ3) is 7.07. The van der Waals surface area contributed by atoms with Gasteiger partial charge in [-0.05, 0) is 37.7 Å². The van der Waals surface area contributed by atoms with Crippen LogP contribution in [0.1, 0.15) is 31.7 Å². The number of primary amides is 1. The summed E-state index contributed by atoms with van der Waals surface area (Å²) < 4.78 is 0. The fraction of sp³-hybridized carbons (Fsp3) is 0.556. The number of aliphatic imine (C=N–C) groups is 1. The second-order valence-corrected chi connectivity index (χ2v) is 6.10. The number of carbonyl (C=O) groups excluding carboxylic acids is 1. The molecule has 6 heteroatoms. The lowest BCUT2D eigenvalue weighted by Gasteiger charge is -2.34. The number of hydrogen-bond acceptors (Lipinski definition) is 2. The topological polar surface area (TPSA) is 70.7 Å². The minimum atomic E-state index is -0.206. The molecule has 0 saturated carbocycles. The summed E-state index contributed by atoms with van der Waals surface area (Å²) in [6, 6.07) is 10.4. The van der Waals surface area contributed by atoms with Crippen LogP contribution in [0.25, 0.3) is 0 Å². The summed E-state index contributed by atoms with van der Waals surface area (Å²) in [4.78, 5) is 18.2. The molecule has 24 heavy (non-hydrogen) atoms. The molecule has 1 aromatic carbocycles. The Bertz CT molecular complexity index is 521. The summed E-state index contributed by atoms with van der Waals surface area (Å²) in [5.41, 5.74) is 6.65. The monoisotopic (exact) mass is 444 g/mol. The van der Waals surface area contributed by atoms with Gasteiger partial charge in [0.1, 0.15) is 0 Å². The fourth-order valence-corrected chi connectivity index (χ4v) is 3.07. The Kier molecular flexibility index (Phi) is 9.75. The van der Waals surface area contributed by atoms with Crippen molar-refractivity contribution >= 4 is 35.8 Å². The lowest BCUT2D eigenvalue weighted by molar-refractivity contribution is -0.119. The Hall–Kier alpha value is -1.31. The van der Waals surface area contributed by atoms with Crippen molar-refractivity contribution in [2.24, 2.45) is 16.6 Å². The third-order valence-corrected chi connectivity index (χ3v) is 4.15. The van der Waals surface area contributed by atoms with Crippen LogP contribution in [0.15, 0.2) is 35.3 Å². The van der Waals surface area contributed by atoms with Crippen molar-refractivity contribution < 1.29 is 4.79 Å². The van der Waals surface area contributed by atoms with E-state index < -0.39 is 0 Å². The van der Waals surface area contributed by atoms with Crippen LogP contribution in [0.3, 0.4) is 0 Å². The van der Waals surface area contributed by atoms with Crippen LogP contribution in [0.5, 0.6) is 0 Å². The molecule has 1 aromatic rings. The normalized spacial score (nSPS) is 18.0. The summed E-state index contributed by atoms with van der Waals surface area (Å²) in [5.74, 6) is 1.10. The quantitative estimate of drug-likeness (QED) is 0.402. The highest BCUT2D eigenvalue weighted by Gasteiger charge is 2.23. The van der Waals surface area contributed by atoms with Crippen LogP contribution >= 0.6 is 24.0 Å². The molecule has 1 unspecified atom stereocenters. The number of guanidine groups is 1. The molecule has 0 aliphatic carbocycles. The summed E-state index contributed by atoms with van der Waals surface area (Å²) in [6.07, 6.45) is 3.57. The van der Waals surface area contributed by atoms with Gasteiger partial charge in [0.2, 0.25) is 5.91 Å². The van der Waals surface area contributed by atoms with Gasteiger partial charge in [-0.25, -0.2) is 0 Å². The van der Waals surface area contributed by atoms with Crippen LogP contribution in [-0.2, 0) is 11.2 Å². The zero-order valence-corrected chi connectivity index (χ0v) is 16.7. The van der Waals surface area contributed by atoms with Crippen molar-refractivity contribution in [3.8, 4) is 0 Å². The van der Waals surface area contributed by atoms with Crippen LogP contribution in [0, 0.1) is 5.92 Å². The van der Waals surface area contributed by atoms with E-state index in [-0.39, 0.29) is 29.9 Å².